The first-order chi connectivity index (χ1) is 8.79. The Hall–Kier alpha value is -1.00. The Morgan fingerprint density at radius 2 is 2.17 bits per heavy atom. The maximum Gasteiger partial charge on any atom is 0.130 e. The highest BCUT2D eigenvalue weighted by Gasteiger charge is 2.17. The van der Waals surface area contributed by atoms with Crippen molar-refractivity contribution in [3.8, 4) is 0 Å². The molecule has 4 heteroatoms. The molecule has 0 radical (unpaired) electrons. The van der Waals surface area contributed by atoms with E-state index in [1.807, 2.05) is 12.3 Å². The standard InChI is InChI=1S/C14H24N4/c1-3-4-13-5-6-16-14(17-13)11-12(2)18-9-7-15-8-10-18/h5-6,12,15H,3-4,7-11H2,1-2H3. The van der Waals surface area contributed by atoms with Gasteiger partial charge in [0.25, 0.3) is 0 Å². The van der Waals surface area contributed by atoms with Gasteiger partial charge in [0.15, 0.2) is 0 Å². The Morgan fingerprint density at radius 1 is 1.39 bits per heavy atom. The van der Waals surface area contributed by atoms with E-state index in [-0.39, 0.29) is 0 Å². The highest BCUT2D eigenvalue weighted by atomic mass is 15.2. The van der Waals surface area contributed by atoms with Crippen LogP contribution in [-0.2, 0) is 12.8 Å². The van der Waals surface area contributed by atoms with Gasteiger partial charge in [-0.2, -0.15) is 0 Å². The summed E-state index contributed by atoms with van der Waals surface area (Å²) in [5.41, 5.74) is 1.18. The lowest BCUT2D eigenvalue weighted by atomic mass is 10.1. The van der Waals surface area contributed by atoms with Crippen LogP contribution < -0.4 is 5.32 Å². The molecule has 0 spiro atoms. The molecule has 1 aromatic heterocycles. The number of nitrogens with one attached hydrogen (secondary N) is 1. The Kier molecular flexibility index (Phi) is 5.08. The fourth-order valence-electron chi connectivity index (χ4n) is 2.45. The lowest BCUT2D eigenvalue weighted by Gasteiger charge is -2.32. The summed E-state index contributed by atoms with van der Waals surface area (Å²) < 4.78 is 0. The smallest absolute Gasteiger partial charge is 0.130 e. The molecule has 1 aliphatic rings. The van der Waals surface area contributed by atoms with Gasteiger partial charge in [0.2, 0.25) is 0 Å². The van der Waals surface area contributed by atoms with Gasteiger partial charge in [0.05, 0.1) is 0 Å². The lowest BCUT2D eigenvalue weighted by molar-refractivity contribution is 0.181. The molecule has 1 aromatic rings. The molecule has 1 fully saturated rings. The van der Waals surface area contributed by atoms with Gasteiger partial charge in [-0.15, -0.1) is 0 Å². The third kappa shape index (κ3) is 3.75. The number of nitrogens with zero attached hydrogens (tertiary/aromatic N) is 3. The molecule has 1 aliphatic heterocycles. The van der Waals surface area contributed by atoms with Crippen LogP contribution in [0.2, 0.25) is 0 Å². The maximum atomic E-state index is 4.64. The van der Waals surface area contributed by atoms with E-state index in [4.69, 9.17) is 0 Å². The zero-order valence-electron chi connectivity index (χ0n) is 11.5. The summed E-state index contributed by atoms with van der Waals surface area (Å²) in [6.45, 7) is 8.93. The summed E-state index contributed by atoms with van der Waals surface area (Å²) in [6, 6.07) is 2.56. The first kappa shape index (κ1) is 13.4. The van der Waals surface area contributed by atoms with Crippen LogP contribution in [0.25, 0.3) is 0 Å². The van der Waals surface area contributed by atoms with Gasteiger partial charge in [-0.3, -0.25) is 4.90 Å². The third-order valence-electron chi connectivity index (χ3n) is 3.52. The van der Waals surface area contributed by atoms with E-state index >= 15 is 0 Å². The average Bonchev–Trinajstić information content (AvgIpc) is 2.40. The van der Waals surface area contributed by atoms with Crippen molar-refractivity contribution in [3.63, 3.8) is 0 Å². The summed E-state index contributed by atoms with van der Waals surface area (Å²) in [5.74, 6) is 0.993. The van der Waals surface area contributed by atoms with Gasteiger partial charge in [0.1, 0.15) is 5.82 Å². The normalized spacial score (nSPS) is 18.8. The van der Waals surface area contributed by atoms with Gasteiger partial charge in [0, 0.05) is 50.5 Å². The zero-order chi connectivity index (χ0) is 12.8. The van der Waals surface area contributed by atoms with E-state index in [0.717, 1.165) is 51.3 Å². The number of rotatable bonds is 5. The summed E-state index contributed by atoms with van der Waals surface area (Å²) in [7, 11) is 0. The first-order valence-corrected chi connectivity index (χ1v) is 7.05. The van der Waals surface area contributed by atoms with Gasteiger partial charge >= 0.3 is 0 Å². The fourth-order valence-corrected chi connectivity index (χ4v) is 2.45. The highest BCUT2D eigenvalue weighted by molar-refractivity contribution is 5.03. The maximum absolute atomic E-state index is 4.64. The van der Waals surface area contributed by atoms with E-state index in [9.17, 15) is 0 Å². The first-order valence-electron chi connectivity index (χ1n) is 7.05. The Morgan fingerprint density at radius 3 is 2.89 bits per heavy atom. The van der Waals surface area contributed by atoms with Crippen molar-refractivity contribution in [3.05, 3.63) is 23.8 Å². The third-order valence-corrected chi connectivity index (χ3v) is 3.52. The molecule has 1 saturated heterocycles. The van der Waals surface area contributed by atoms with E-state index in [0.29, 0.717) is 6.04 Å². The van der Waals surface area contributed by atoms with Crippen LogP contribution in [0.1, 0.15) is 31.8 Å². The molecule has 1 N–H and O–H groups in total. The number of aromatic nitrogens is 2. The largest absolute Gasteiger partial charge is 0.314 e. The summed E-state index contributed by atoms with van der Waals surface area (Å²) in [6.07, 6.45) is 5.05. The molecule has 2 heterocycles. The minimum atomic E-state index is 0.531. The molecule has 1 atom stereocenters. The number of piperazine rings is 1. The molecule has 0 amide bonds. The zero-order valence-corrected chi connectivity index (χ0v) is 11.5. The second kappa shape index (κ2) is 6.81. The Labute approximate surface area is 110 Å². The van der Waals surface area contributed by atoms with Gasteiger partial charge < -0.3 is 5.32 Å². The van der Waals surface area contributed by atoms with Crippen LogP contribution in [0.3, 0.4) is 0 Å². The second-order valence-electron chi connectivity index (χ2n) is 5.05. The summed E-state index contributed by atoms with van der Waals surface area (Å²) >= 11 is 0. The minimum absolute atomic E-state index is 0.531. The molecule has 4 nitrogen and oxygen atoms in total. The van der Waals surface area contributed by atoms with Gasteiger partial charge in [-0.25, -0.2) is 9.97 Å². The molecule has 0 aliphatic carbocycles. The summed E-state index contributed by atoms with van der Waals surface area (Å²) in [5, 5.41) is 3.39. The van der Waals surface area contributed by atoms with Crippen LogP contribution in [0, 0.1) is 0 Å². The van der Waals surface area contributed by atoms with Crippen LogP contribution in [0.4, 0.5) is 0 Å². The van der Waals surface area contributed by atoms with E-state index in [1.54, 1.807) is 0 Å². The van der Waals surface area contributed by atoms with Crippen molar-refractivity contribution in [1.82, 2.24) is 20.2 Å². The quantitative estimate of drug-likeness (QED) is 0.852. The summed E-state index contributed by atoms with van der Waals surface area (Å²) in [4.78, 5) is 11.6. The van der Waals surface area contributed by atoms with E-state index in [2.05, 4.69) is 34.0 Å². The Bertz CT molecular complexity index is 361. The van der Waals surface area contributed by atoms with E-state index in [1.165, 1.54) is 5.69 Å². The number of aryl methyl sites for hydroxylation is 1. The minimum Gasteiger partial charge on any atom is -0.314 e. The average molecular weight is 248 g/mol. The lowest BCUT2D eigenvalue weighted by Crippen LogP contribution is -2.48. The van der Waals surface area contributed by atoms with Crippen molar-refractivity contribution in [2.24, 2.45) is 0 Å². The Balaban J connectivity index is 1.93. The monoisotopic (exact) mass is 248 g/mol. The van der Waals surface area contributed by atoms with Crippen molar-refractivity contribution in [2.75, 3.05) is 26.2 Å². The molecule has 0 aromatic carbocycles. The fraction of sp³-hybridized carbons (Fsp3) is 0.714. The molecule has 100 valence electrons. The van der Waals surface area contributed by atoms with Crippen LogP contribution >= 0.6 is 0 Å². The van der Waals surface area contributed by atoms with Crippen LogP contribution in [0.15, 0.2) is 12.3 Å². The van der Waals surface area contributed by atoms with E-state index < -0.39 is 0 Å². The predicted molar refractivity (Wildman–Crippen MR) is 73.6 cm³/mol. The van der Waals surface area contributed by atoms with Crippen molar-refractivity contribution in [1.29, 1.82) is 0 Å². The van der Waals surface area contributed by atoms with Crippen LogP contribution in [-0.4, -0.2) is 47.1 Å². The molecule has 0 saturated carbocycles. The molecule has 1 unspecified atom stereocenters. The molecule has 2 rings (SSSR count). The molecular formula is C14H24N4. The second-order valence-corrected chi connectivity index (χ2v) is 5.05. The topological polar surface area (TPSA) is 41.1 Å². The molecule has 18 heavy (non-hydrogen) atoms. The molecule has 0 bridgehead atoms. The number of hydrogen-bond donors (Lipinski definition) is 1. The van der Waals surface area contributed by atoms with Crippen LogP contribution in [0.5, 0.6) is 0 Å². The van der Waals surface area contributed by atoms with Gasteiger partial charge in [-0.1, -0.05) is 13.3 Å². The number of hydrogen-bond acceptors (Lipinski definition) is 4. The molecular weight excluding hydrogens is 224 g/mol. The van der Waals surface area contributed by atoms with Crippen molar-refractivity contribution < 1.29 is 0 Å². The van der Waals surface area contributed by atoms with Crippen molar-refractivity contribution in [2.45, 2.75) is 39.2 Å². The SMILES string of the molecule is CCCc1ccnc(CC(C)N2CCNCC2)n1. The predicted octanol–water partition coefficient (Wildman–Crippen LogP) is 1.27. The highest BCUT2D eigenvalue weighted by Crippen LogP contribution is 2.07. The van der Waals surface area contributed by atoms with Crippen molar-refractivity contribution >= 4 is 0 Å². The van der Waals surface area contributed by atoms with Gasteiger partial charge in [-0.05, 0) is 19.4 Å².